The number of ether oxygens (including phenoxy) is 1. The molecule has 0 spiro atoms. The fourth-order valence-corrected chi connectivity index (χ4v) is 2.33. The Morgan fingerprint density at radius 3 is 2.76 bits per heavy atom. The highest BCUT2D eigenvalue weighted by atomic mass is 35.5. The highest BCUT2D eigenvalue weighted by molar-refractivity contribution is 6.30. The van der Waals surface area contributed by atoms with Gasteiger partial charge < -0.3 is 9.64 Å². The zero-order valence-electron chi connectivity index (χ0n) is 9.82. The monoisotopic (exact) mass is 250 g/mol. The molecule has 0 bridgehead atoms. The minimum absolute atomic E-state index is 0.425. The lowest BCUT2D eigenvalue weighted by molar-refractivity contribution is 0.0855. The molecule has 17 heavy (non-hydrogen) atoms. The molecule has 1 aromatic rings. The van der Waals surface area contributed by atoms with E-state index in [-0.39, 0.29) is 0 Å². The van der Waals surface area contributed by atoms with Crippen LogP contribution in [0.1, 0.15) is 18.4 Å². The van der Waals surface area contributed by atoms with E-state index in [2.05, 4.69) is 11.0 Å². The molecule has 1 aliphatic rings. The first-order valence-corrected chi connectivity index (χ1v) is 6.10. The summed E-state index contributed by atoms with van der Waals surface area (Å²) in [5.74, 6) is 0. The van der Waals surface area contributed by atoms with E-state index in [1.807, 2.05) is 13.1 Å². The molecule has 0 amide bonds. The average Bonchev–Trinajstić information content (AvgIpc) is 2.39. The van der Waals surface area contributed by atoms with E-state index in [0.29, 0.717) is 16.6 Å². The van der Waals surface area contributed by atoms with Crippen LogP contribution in [-0.2, 0) is 4.74 Å². The standard InChI is InChI=1S/C13H15ClN2O/c1-16(12-4-6-17-7-5-12)13-8-11(14)3-2-10(13)9-15/h2-3,8,12H,4-7H2,1H3. The molecule has 1 aliphatic heterocycles. The van der Waals surface area contributed by atoms with E-state index in [0.717, 1.165) is 31.7 Å². The number of nitrogens with zero attached hydrogens (tertiary/aromatic N) is 2. The molecule has 90 valence electrons. The van der Waals surface area contributed by atoms with Crippen molar-refractivity contribution in [3.8, 4) is 6.07 Å². The number of benzene rings is 1. The summed E-state index contributed by atoms with van der Waals surface area (Å²) in [7, 11) is 2.02. The first-order chi connectivity index (χ1) is 8.22. The van der Waals surface area contributed by atoms with Crippen LogP contribution in [0.3, 0.4) is 0 Å². The van der Waals surface area contributed by atoms with Crippen LogP contribution in [0.25, 0.3) is 0 Å². The zero-order valence-corrected chi connectivity index (χ0v) is 10.6. The molecule has 0 aliphatic carbocycles. The van der Waals surface area contributed by atoms with Gasteiger partial charge >= 0.3 is 0 Å². The van der Waals surface area contributed by atoms with Crippen LogP contribution >= 0.6 is 11.6 Å². The Balaban J connectivity index is 2.25. The minimum Gasteiger partial charge on any atom is -0.381 e. The smallest absolute Gasteiger partial charge is 0.101 e. The third-order valence-electron chi connectivity index (χ3n) is 3.20. The Hall–Kier alpha value is -1.24. The van der Waals surface area contributed by atoms with Gasteiger partial charge in [-0.15, -0.1) is 0 Å². The molecular weight excluding hydrogens is 236 g/mol. The molecule has 0 unspecified atom stereocenters. The van der Waals surface area contributed by atoms with Crippen LogP contribution in [0.5, 0.6) is 0 Å². The van der Waals surface area contributed by atoms with Crippen molar-refractivity contribution in [1.29, 1.82) is 5.26 Å². The van der Waals surface area contributed by atoms with Crippen molar-refractivity contribution in [3.05, 3.63) is 28.8 Å². The van der Waals surface area contributed by atoms with Crippen LogP contribution in [0, 0.1) is 11.3 Å². The molecular formula is C13H15ClN2O. The number of rotatable bonds is 2. The lowest BCUT2D eigenvalue weighted by Gasteiger charge is -2.33. The van der Waals surface area contributed by atoms with Crippen molar-refractivity contribution in [3.63, 3.8) is 0 Å². The van der Waals surface area contributed by atoms with Crippen LogP contribution in [0.4, 0.5) is 5.69 Å². The van der Waals surface area contributed by atoms with E-state index >= 15 is 0 Å². The van der Waals surface area contributed by atoms with Gasteiger partial charge in [-0.05, 0) is 31.0 Å². The largest absolute Gasteiger partial charge is 0.381 e. The molecule has 1 heterocycles. The third kappa shape index (κ3) is 2.71. The predicted octanol–water partition coefficient (Wildman–Crippen LogP) is 2.83. The highest BCUT2D eigenvalue weighted by Crippen LogP contribution is 2.27. The Bertz CT molecular complexity index is 436. The SMILES string of the molecule is CN(c1cc(Cl)ccc1C#N)C1CCOCC1. The summed E-state index contributed by atoms with van der Waals surface area (Å²) in [5.41, 5.74) is 1.58. The van der Waals surface area contributed by atoms with Gasteiger partial charge in [-0.25, -0.2) is 0 Å². The summed E-state index contributed by atoms with van der Waals surface area (Å²) in [6.45, 7) is 1.58. The van der Waals surface area contributed by atoms with Gasteiger partial charge in [0.1, 0.15) is 6.07 Å². The molecule has 0 aromatic heterocycles. The zero-order chi connectivity index (χ0) is 12.3. The summed E-state index contributed by atoms with van der Waals surface area (Å²) >= 11 is 6.00. The van der Waals surface area contributed by atoms with Crippen molar-refractivity contribution < 1.29 is 4.74 Å². The van der Waals surface area contributed by atoms with Crippen molar-refractivity contribution in [1.82, 2.24) is 0 Å². The van der Waals surface area contributed by atoms with Gasteiger partial charge in [-0.3, -0.25) is 0 Å². The number of hydrogen-bond acceptors (Lipinski definition) is 3. The third-order valence-corrected chi connectivity index (χ3v) is 3.43. The first-order valence-electron chi connectivity index (χ1n) is 5.72. The molecule has 1 fully saturated rings. The lowest BCUT2D eigenvalue weighted by Crippen LogP contribution is -2.37. The van der Waals surface area contributed by atoms with Crippen molar-refractivity contribution in [2.45, 2.75) is 18.9 Å². The molecule has 0 atom stereocenters. The number of halogens is 1. The maximum absolute atomic E-state index is 9.11. The maximum Gasteiger partial charge on any atom is 0.101 e. The van der Waals surface area contributed by atoms with E-state index in [4.69, 9.17) is 21.6 Å². The van der Waals surface area contributed by atoms with Crippen molar-refractivity contribution >= 4 is 17.3 Å². The fourth-order valence-electron chi connectivity index (χ4n) is 2.16. The van der Waals surface area contributed by atoms with Gasteiger partial charge in [0.15, 0.2) is 0 Å². The van der Waals surface area contributed by atoms with Gasteiger partial charge in [0.2, 0.25) is 0 Å². The molecule has 1 aromatic carbocycles. The van der Waals surface area contributed by atoms with Crippen molar-refractivity contribution in [2.24, 2.45) is 0 Å². The number of hydrogen-bond donors (Lipinski definition) is 0. The lowest BCUT2D eigenvalue weighted by atomic mass is 10.1. The predicted molar refractivity (Wildman–Crippen MR) is 68.4 cm³/mol. The summed E-state index contributed by atoms with van der Waals surface area (Å²) < 4.78 is 5.35. The van der Waals surface area contributed by atoms with Gasteiger partial charge in [0.05, 0.1) is 11.3 Å². The second kappa shape index (κ2) is 5.39. The molecule has 2 rings (SSSR count). The molecule has 4 heteroatoms. The van der Waals surface area contributed by atoms with Gasteiger partial charge in [-0.2, -0.15) is 5.26 Å². The van der Waals surface area contributed by atoms with E-state index < -0.39 is 0 Å². The second-order valence-corrected chi connectivity index (χ2v) is 4.66. The van der Waals surface area contributed by atoms with Gasteiger partial charge in [0.25, 0.3) is 0 Å². The Kier molecular flexibility index (Phi) is 3.88. The number of anilines is 1. The second-order valence-electron chi connectivity index (χ2n) is 4.23. The molecule has 1 saturated heterocycles. The summed E-state index contributed by atoms with van der Waals surface area (Å²) in [6, 6.07) is 8.02. The van der Waals surface area contributed by atoms with Crippen molar-refractivity contribution in [2.75, 3.05) is 25.2 Å². The number of nitriles is 1. The topological polar surface area (TPSA) is 36.3 Å². The van der Waals surface area contributed by atoms with Gasteiger partial charge in [0, 0.05) is 31.3 Å². The Labute approximate surface area is 107 Å². The van der Waals surface area contributed by atoms with Crippen LogP contribution in [0.2, 0.25) is 5.02 Å². The van der Waals surface area contributed by atoms with Crippen LogP contribution in [0.15, 0.2) is 18.2 Å². The highest BCUT2D eigenvalue weighted by Gasteiger charge is 2.20. The van der Waals surface area contributed by atoms with E-state index in [1.165, 1.54) is 0 Å². The quantitative estimate of drug-likeness (QED) is 0.810. The fraction of sp³-hybridized carbons (Fsp3) is 0.462. The Morgan fingerprint density at radius 1 is 1.41 bits per heavy atom. The summed E-state index contributed by atoms with van der Waals surface area (Å²) in [5, 5.41) is 9.78. The average molecular weight is 251 g/mol. The van der Waals surface area contributed by atoms with E-state index in [9.17, 15) is 0 Å². The van der Waals surface area contributed by atoms with Crippen LogP contribution in [-0.4, -0.2) is 26.3 Å². The maximum atomic E-state index is 9.11. The van der Waals surface area contributed by atoms with Gasteiger partial charge in [-0.1, -0.05) is 11.6 Å². The minimum atomic E-state index is 0.425. The molecule has 3 nitrogen and oxygen atoms in total. The normalized spacial score (nSPS) is 16.5. The summed E-state index contributed by atoms with van der Waals surface area (Å²) in [6.07, 6.45) is 1.99. The molecule has 0 N–H and O–H groups in total. The Morgan fingerprint density at radius 2 is 2.12 bits per heavy atom. The molecule has 0 saturated carbocycles. The molecule has 0 radical (unpaired) electrons. The first kappa shape index (κ1) is 12.2. The summed E-state index contributed by atoms with van der Waals surface area (Å²) in [4.78, 5) is 2.15. The van der Waals surface area contributed by atoms with E-state index in [1.54, 1.807) is 12.1 Å². The van der Waals surface area contributed by atoms with Crippen LogP contribution < -0.4 is 4.90 Å².